The predicted octanol–water partition coefficient (Wildman–Crippen LogP) is 0.584. The zero-order valence-corrected chi connectivity index (χ0v) is 16.6. The van der Waals surface area contributed by atoms with Crippen LogP contribution in [0.5, 0.6) is 0 Å². The standard InChI is InChI=1S/C16H26N4O4S2/c1-8(2)24-16(23)20-12(21)9-5-7-25-14(9)19-13(22)15-18-11-10(26-15)4-3-6-17-11/h8-11,14-15,17-18H,3-7H2,1-2H3,(H,19,22)(H,20,21,23). The number of amides is 3. The first-order valence-corrected chi connectivity index (χ1v) is 11.0. The number of fused-ring (bicyclic) bond motifs is 1. The highest BCUT2D eigenvalue weighted by Gasteiger charge is 2.42. The smallest absolute Gasteiger partial charge is 0.414 e. The summed E-state index contributed by atoms with van der Waals surface area (Å²) in [6, 6.07) is 0. The van der Waals surface area contributed by atoms with Crippen LogP contribution < -0.4 is 21.3 Å². The Morgan fingerprint density at radius 2 is 2.00 bits per heavy atom. The van der Waals surface area contributed by atoms with Gasteiger partial charge in [0.05, 0.1) is 23.6 Å². The van der Waals surface area contributed by atoms with E-state index in [9.17, 15) is 14.4 Å². The molecule has 10 heteroatoms. The Balaban J connectivity index is 1.51. The fourth-order valence-corrected chi connectivity index (χ4v) is 6.08. The van der Waals surface area contributed by atoms with Gasteiger partial charge in [0, 0.05) is 5.25 Å². The van der Waals surface area contributed by atoms with Crippen molar-refractivity contribution in [3.63, 3.8) is 0 Å². The van der Waals surface area contributed by atoms with E-state index in [-0.39, 0.29) is 28.9 Å². The van der Waals surface area contributed by atoms with Gasteiger partial charge in [0.25, 0.3) is 0 Å². The van der Waals surface area contributed by atoms with Gasteiger partial charge in [-0.3, -0.25) is 20.2 Å². The van der Waals surface area contributed by atoms with E-state index in [1.165, 1.54) is 11.8 Å². The first-order valence-electron chi connectivity index (χ1n) is 9.02. The molecule has 0 bridgehead atoms. The molecule has 0 aromatic rings. The molecule has 3 rings (SSSR count). The third-order valence-electron chi connectivity index (χ3n) is 4.56. The summed E-state index contributed by atoms with van der Waals surface area (Å²) in [5, 5.41) is 11.7. The summed E-state index contributed by atoms with van der Waals surface area (Å²) < 4.78 is 4.95. The molecule has 146 valence electrons. The van der Waals surface area contributed by atoms with Crippen molar-refractivity contribution in [2.24, 2.45) is 5.92 Å². The molecule has 3 amide bonds. The Morgan fingerprint density at radius 3 is 2.73 bits per heavy atom. The molecular weight excluding hydrogens is 376 g/mol. The van der Waals surface area contributed by atoms with Crippen LogP contribution in [0.25, 0.3) is 0 Å². The van der Waals surface area contributed by atoms with Gasteiger partial charge in [0.15, 0.2) is 0 Å². The fourth-order valence-electron chi connectivity index (χ4n) is 3.34. The number of thioether (sulfide) groups is 2. The molecule has 26 heavy (non-hydrogen) atoms. The highest BCUT2D eigenvalue weighted by atomic mass is 32.2. The predicted molar refractivity (Wildman–Crippen MR) is 102 cm³/mol. The van der Waals surface area contributed by atoms with E-state index in [2.05, 4.69) is 21.3 Å². The zero-order valence-electron chi connectivity index (χ0n) is 14.9. The van der Waals surface area contributed by atoms with Gasteiger partial charge in [-0.15, -0.1) is 23.5 Å². The minimum absolute atomic E-state index is 0.104. The SMILES string of the molecule is CC(C)OC(=O)NC(=O)C1CCSC1NC(=O)C1NC2NCCCC2S1. The maximum atomic E-state index is 12.6. The third kappa shape index (κ3) is 4.85. The average Bonchev–Trinajstić information content (AvgIpc) is 3.20. The summed E-state index contributed by atoms with van der Waals surface area (Å²) in [5.41, 5.74) is 0. The summed E-state index contributed by atoms with van der Waals surface area (Å²) in [6.07, 6.45) is 1.98. The van der Waals surface area contributed by atoms with Gasteiger partial charge >= 0.3 is 6.09 Å². The van der Waals surface area contributed by atoms with Crippen LogP contribution in [0.4, 0.5) is 4.79 Å². The molecule has 3 aliphatic rings. The lowest BCUT2D eigenvalue weighted by atomic mass is 10.1. The van der Waals surface area contributed by atoms with Crippen LogP contribution in [0.1, 0.15) is 33.1 Å². The molecule has 5 atom stereocenters. The van der Waals surface area contributed by atoms with Crippen molar-refractivity contribution in [1.29, 1.82) is 0 Å². The van der Waals surface area contributed by atoms with E-state index in [1.54, 1.807) is 25.6 Å². The second-order valence-electron chi connectivity index (χ2n) is 6.93. The van der Waals surface area contributed by atoms with E-state index < -0.39 is 17.9 Å². The van der Waals surface area contributed by atoms with Gasteiger partial charge in [-0.25, -0.2) is 4.79 Å². The number of imide groups is 1. The molecule has 0 aromatic carbocycles. The molecule has 3 aliphatic heterocycles. The number of rotatable bonds is 4. The summed E-state index contributed by atoms with van der Waals surface area (Å²) >= 11 is 3.18. The number of hydrogen-bond donors (Lipinski definition) is 4. The van der Waals surface area contributed by atoms with E-state index in [0.717, 1.165) is 25.1 Å². The van der Waals surface area contributed by atoms with Gasteiger partial charge in [-0.05, 0) is 45.4 Å². The monoisotopic (exact) mass is 402 g/mol. The topological polar surface area (TPSA) is 109 Å². The van der Waals surface area contributed by atoms with Crippen molar-refractivity contribution >= 4 is 41.4 Å². The van der Waals surface area contributed by atoms with Gasteiger partial charge in [-0.2, -0.15) is 0 Å². The molecule has 3 heterocycles. The van der Waals surface area contributed by atoms with Crippen LogP contribution in [-0.4, -0.2) is 58.5 Å². The lowest BCUT2D eigenvalue weighted by molar-refractivity contribution is -0.125. The Kier molecular flexibility index (Phi) is 6.70. The molecule has 0 spiro atoms. The second kappa shape index (κ2) is 8.81. The first-order chi connectivity index (χ1) is 12.4. The molecule has 0 aliphatic carbocycles. The fraction of sp³-hybridized carbons (Fsp3) is 0.812. The van der Waals surface area contributed by atoms with Gasteiger partial charge in [0.2, 0.25) is 11.8 Å². The minimum Gasteiger partial charge on any atom is -0.447 e. The molecule has 5 unspecified atom stereocenters. The van der Waals surface area contributed by atoms with Crippen LogP contribution >= 0.6 is 23.5 Å². The highest BCUT2D eigenvalue weighted by molar-refractivity contribution is 8.01. The lowest BCUT2D eigenvalue weighted by Crippen LogP contribution is -2.52. The molecular formula is C16H26N4O4S2. The van der Waals surface area contributed by atoms with Crippen LogP contribution in [-0.2, 0) is 14.3 Å². The number of alkyl carbamates (subject to hydrolysis) is 1. The van der Waals surface area contributed by atoms with Gasteiger partial charge < -0.3 is 15.4 Å². The quantitative estimate of drug-likeness (QED) is 0.541. The number of piperidine rings is 1. The summed E-state index contributed by atoms with van der Waals surface area (Å²) in [4.78, 5) is 36.6. The molecule has 0 saturated carbocycles. The molecule has 8 nitrogen and oxygen atoms in total. The van der Waals surface area contributed by atoms with E-state index in [1.807, 2.05) is 0 Å². The minimum atomic E-state index is -0.741. The van der Waals surface area contributed by atoms with E-state index >= 15 is 0 Å². The number of nitrogens with one attached hydrogen (secondary N) is 4. The molecule has 0 aromatic heterocycles. The number of carbonyl (C=O) groups is 3. The summed E-state index contributed by atoms with van der Waals surface area (Å²) in [5.74, 6) is -0.169. The number of ether oxygens (including phenoxy) is 1. The van der Waals surface area contributed by atoms with Crippen LogP contribution in [0.2, 0.25) is 0 Å². The average molecular weight is 403 g/mol. The zero-order chi connectivity index (χ0) is 18.7. The molecule has 4 N–H and O–H groups in total. The van der Waals surface area contributed by atoms with Gasteiger partial charge in [0.1, 0.15) is 5.37 Å². The van der Waals surface area contributed by atoms with E-state index in [4.69, 9.17) is 4.74 Å². The summed E-state index contributed by atoms with van der Waals surface area (Å²) in [6.45, 7) is 4.41. The third-order valence-corrected chi connectivity index (χ3v) is 7.32. The normalized spacial score (nSPS) is 33.6. The second-order valence-corrected chi connectivity index (χ2v) is 9.53. The van der Waals surface area contributed by atoms with Crippen molar-refractivity contribution in [1.82, 2.24) is 21.3 Å². The summed E-state index contributed by atoms with van der Waals surface area (Å²) in [7, 11) is 0. The van der Waals surface area contributed by atoms with Crippen molar-refractivity contribution in [2.75, 3.05) is 12.3 Å². The molecule has 0 radical (unpaired) electrons. The Hall–Kier alpha value is -0.970. The maximum absolute atomic E-state index is 12.6. The molecule has 3 saturated heterocycles. The van der Waals surface area contributed by atoms with Crippen LogP contribution in [0.15, 0.2) is 0 Å². The molecule has 3 fully saturated rings. The van der Waals surface area contributed by atoms with Crippen LogP contribution in [0.3, 0.4) is 0 Å². The lowest BCUT2D eigenvalue weighted by Gasteiger charge is -2.24. The Bertz CT molecular complexity index is 548. The van der Waals surface area contributed by atoms with Crippen molar-refractivity contribution < 1.29 is 19.1 Å². The highest BCUT2D eigenvalue weighted by Crippen LogP contribution is 2.34. The van der Waals surface area contributed by atoms with Crippen molar-refractivity contribution in [3.8, 4) is 0 Å². The van der Waals surface area contributed by atoms with Gasteiger partial charge in [-0.1, -0.05) is 0 Å². The maximum Gasteiger partial charge on any atom is 0.414 e. The first kappa shape index (κ1) is 19.8. The van der Waals surface area contributed by atoms with Crippen molar-refractivity contribution in [3.05, 3.63) is 0 Å². The number of carbonyl (C=O) groups excluding carboxylic acids is 3. The van der Waals surface area contributed by atoms with Crippen LogP contribution in [0, 0.1) is 5.92 Å². The van der Waals surface area contributed by atoms with E-state index in [0.29, 0.717) is 11.7 Å². The largest absolute Gasteiger partial charge is 0.447 e. The number of hydrogen-bond acceptors (Lipinski definition) is 8. The van der Waals surface area contributed by atoms with Crippen molar-refractivity contribution in [2.45, 2.75) is 61.4 Å². The Morgan fingerprint density at radius 1 is 1.19 bits per heavy atom. The Labute approximate surface area is 161 Å².